The van der Waals surface area contributed by atoms with Crippen molar-refractivity contribution in [3.8, 4) is 0 Å². The minimum atomic E-state index is 0.0300. The second-order valence-electron chi connectivity index (χ2n) is 6.72. The predicted molar refractivity (Wildman–Crippen MR) is 93.9 cm³/mol. The standard InChI is InChI=1S/C18H23N7O/c1-3-4-9-25-17(20-22-23-25)12-24-11-15-8-6-5-7-14(15)10-16(24)18-21-19-13(2)26-18/h5-8,16H,3-4,9-12H2,1-2H3/t16-/m1/s1. The van der Waals surface area contributed by atoms with Crippen molar-refractivity contribution in [2.75, 3.05) is 0 Å². The van der Waals surface area contributed by atoms with E-state index >= 15 is 0 Å². The summed E-state index contributed by atoms with van der Waals surface area (Å²) in [5, 5.41) is 20.6. The SMILES string of the molecule is CCCCn1nnnc1CN1Cc2ccccc2C[C@@H]1c1nnc(C)o1. The zero-order chi connectivity index (χ0) is 17.9. The third-order valence-electron chi connectivity index (χ3n) is 4.85. The van der Waals surface area contributed by atoms with Gasteiger partial charge in [-0.1, -0.05) is 37.6 Å². The molecule has 1 aliphatic rings. The predicted octanol–water partition coefficient (Wildman–Crippen LogP) is 2.46. The first-order valence-electron chi connectivity index (χ1n) is 9.10. The van der Waals surface area contributed by atoms with Gasteiger partial charge in [-0.15, -0.1) is 15.3 Å². The highest BCUT2D eigenvalue weighted by Gasteiger charge is 2.32. The summed E-state index contributed by atoms with van der Waals surface area (Å²) in [7, 11) is 0. The zero-order valence-corrected chi connectivity index (χ0v) is 15.2. The van der Waals surface area contributed by atoms with Gasteiger partial charge in [0.1, 0.15) is 0 Å². The van der Waals surface area contributed by atoms with E-state index in [-0.39, 0.29) is 6.04 Å². The molecular formula is C18H23N7O. The lowest BCUT2D eigenvalue weighted by Gasteiger charge is -2.34. The lowest BCUT2D eigenvalue weighted by Crippen LogP contribution is -2.35. The second kappa shape index (κ2) is 7.33. The number of benzene rings is 1. The molecular weight excluding hydrogens is 330 g/mol. The Labute approximate surface area is 152 Å². The normalized spacial score (nSPS) is 17.4. The molecule has 1 aliphatic heterocycles. The minimum absolute atomic E-state index is 0.0300. The summed E-state index contributed by atoms with van der Waals surface area (Å²) in [6, 6.07) is 8.55. The van der Waals surface area contributed by atoms with Gasteiger partial charge in [-0.05, 0) is 34.4 Å². The molecule has 0 bridgehead atoms. The molecule has 26 heavy (non-hydrogen) atoms. The monoisotopic (exact) mass is 353 g/mol. The van der Waals surface area contributed by atoms with Gasteiger partial charge in [0.25, 0.3) is 0 Å². The number of tetrazole rings is 1. The Morgan fingerprint density at radius 1 is 1.15 bits per heavy atom. The molecule has 1 aromatic carbocycles. The molecule has 1 atom stereocenters. The quantitative estimate of drug-likeness (QED) is 0.673. The van der Waals surface area contributed by atoms with Gasteiger partial charge in [-0.3, -0.25) is 4.90 Å². The van der Waals surface area contributed by atoms with Gasteiger partial charge in [-0.25, -0.2) is 4.68 Å². The third-order valence-corrected chi connectivity index (χ3v) is 4.85. The minimum Gasteiger partial charge on any atom is -0.424 e. The number of hydrogen-bond donors (Lipinski definition) is 0. The van der Waals surface area contributed by atoms with Crippen molar-refractivity contribution in [2.45, 2.75) is 58.8 Å². The first-order chi connectivity index (χ1) is 12.7. The van der Waals surface area contributed by atoms with Crippen LogP contribution in [0, 0.1) is 6.92 Å². The fourth-order valence-electron chi connectivity index (χ4n) is 3.43. The van der Waals surface area contributed by atoms with E-state index in [0.717, 1.165) is 38.2 Å². The molecule has 0 saturated carbocycles. The van der Waals surface area contributed by atoms with Gasteiger partial charge in [0.05, 0.1) is 12.6 Å². The molecule has 3 aromatic rings. The van der Waals surface area contributed by atoms with Crippen LogP contribution in [0.3, 0.4) is 0 Å². The van der Waals surface area contributed by atoms with Crippen molar-refractivity contribution in [1.82, 2.24) is 35.3 Å². The van der Waals surface area contributed by atoms with E-state index in [4.69, 9.17) is 4.42 Å². The van der Waals surface area contributed by atoms with Gasteiger partial charge in [0, 0.05) is 20.0 Å². The van der Waals surface area contributed by atoms with Crippen LogP contribution < -0.4 is 0 Å². The molecule has 0 amide bonds. The Morgan fingerprint density at radius 3 is 2.77 bits per heavy atom. The molecule has 0 fully saturated rings. The summed E-state index contributed by atoms with van der Waals surface area (Å²) in [5.74, 6) is 2.12. The van der Waals surface area contributed by atoms with Crippen LogP contribution in [-0.2, 0) is 26.1 Å². The van der Waals surface area contributed by atoms with Gasteiger partial charge in [0.15, 0.2) is 5.82 Å². The summed E-state index contributed by atoms with van der Waals surface area (Å²) in [4.78, 5) is 2.32. The van der Waals surface area contributed by atoms with Crippen LogP contribution in [0.4, 0.5) is 0 Å². The van der Waals surface area contributed by atoms with Crippen LogP contribution in [0.5, 0.6) is 0 Å². The maximum atomic E-state index is 5.76. The van der Waals surface area contributed by atoms with Crippen molar-refractivity contribution in [3.63, 3.8) is 0 Å². The van der Waals surface area contributed by atoms with Crippen molar-refractivity contribution in [1.29, 1.82) is 0 Å². The molecule has 2 aromatic heterocycles. The van der Waals surface area contributed by atoms with Crippen molar-refractivity contribution in [2.24, 2.45) is 0 Å². The summed E-state index contributed by atoms with van der Waals surface area (Å²) < 4.78 is 7.66. The second-order valence-corrected chi connectivity index (χ2v) is 6.72. The summed E-state index contributed by atoms with van der Waals surface area (Å²) >= 11 is 0. The van der Waals surface area contributed by atoms with E-state index in [1.165, 1.54) is 11.1 Å². The molecule has 0 aliphatic carbocycles. The molecule has 0 radical (unpaired) electrons. The molecule has 8 heteroatoms. The molecule has 8 nitrogen and oxygen atoms in total. The first-order valence-corrected chi connectivity index (χ1v) is 9.10. The summed E-state index contributed by atoms with van der Waals surface area (Å²) in [6.45, 7) is 6.29. The van der Waals surface area contributed by atoms with Crippen molar-refractivity contribution >= 4 is 0 Å². The average Bonchev–Trinajstić information content (AvgIpc) is 3.28. The zero-order valence-electron chi connectivity index (χ0n) is 15.2. The Kier molecular flexibility index (Phi) is 4.75. The molecule has 3 heterocycles. The highest BCUT2D eigenvalue weighted by atomic mass is 16.4. The summed E-state index contributed by atoms with van der Waals surface area (Å²) in [5.41, 5.74) is 2.66. The van der Waals surface area contributed by atoms with E-state index in [1.807, 2.05) is 11.6 Å². The fourth-order valence-corrected chi connectivity index (χ4v) is 3.43. The fraction of sp³-hybridized carbons (Fsp3) is 0.500. The van der Waals surface area contributed by atoms with Gasteiger partial charge in [0.2, 0.25) is 11.8 Å². The third kappa shape index (κ3) is 3.37. The molecule has 0 unspecified atom stereocenters. The number of hydrogen-bond acceptors (Lipinski definition) is 7. The topological polar surface area (TPSA) is 85.8 Å². The Hall–Kier alpha value is -2.61. The van der Waals surface area contributed by atoms with E-state index < -0.39 is 0 Å². The lowest BCUT2D eigenvalue weighted by molar-refractivity contribution is 0.131. The van der Waals surface area contributed by atoms with Crippen LogP contribution in [-0.4, -0.2) is 35.3 Å². The van der Waals surface area contributed by atoms with Gasteiger partial charge < -0.3 is 4.42 Å². The molecule has 0 saturated heterocycles. The molecule has 136 valence electrons. The number of unbranched alkanes of at least 4 members (excludes halogenated alkanes) is 1. The number of aryl methyl sites for hydroxylation is 2. The maximum absolute atomic E-state index is 5.76. The number of fused-ring (bicyclic) bond motifs is 1. The van der Waals surface area contributed by atoms with E-state index in [2.05, 4.69) is 61.8 Å². The van der Waals surface area contributed by atoms with E-state index in [0.29, 0.717) is 18.3 Å². The Balaban J connectivity index is 1.62. The largest absolute Gasteiger partial charge is 0.424 e. The van der Waals surface area contributed by atoms with E-state index in [9.17, 15) is 0 Å². The number of rotatable bonds is 6. The van der Waals surface area contributed by atoms with Crippen LogP contribution >= 0.6 is 0 Å². The Morgan fingerprint density at radius 2 is 2.00 bits per heavy atom. The van der Waals surface area contributed by atoms with Crippen LogP contribution in [0.1, 0.15) is 54.5 Å². The van der Waals surface area contributed by atoms with Crippen LogP contribution in [0.15, 0.2) is 28.7 Å². The van der Waals surface area contributed by atoms with E-state index in [1.54, 1.807) is 0 Å². The smallest absolute Gasteiger partial charge is 0.233 e. The first kappa shape index (κ1) is 16.8. The molecule has 4 rings (SSSR count). The number of aromatic nitrogens is 6. The van der Waals surface area contributed by atoms with Crippen LogP contribution in [0.2, 0.25) is 0 Å². The van der Waals surface area contributed by atoms with Crippen LogP contribution in [0.25, 0.3) is 0 Å². The maximum Gasteiger partial charge on any atom is 0.233 e. The van der Waals surface area contributed by atoms with Crippen molar-refractivity contribution < 1.29 is 4.42 Å². The Bertz CT molecular complexity index is 872. The molecule has 0 N–H and O–H groups in total. The van der Waals surface area contributed by atoms with Gasteiger partial charge in [-0.2, -0.15) is 0 Å². The summed E-state index contributed by atoms with van der Waals surface area (Å²) in [6.07, 6.45) is 3.02. The lowest BCUT2D eigenvalue weighted by atomic mass is 9.94. The molecule has 0 spiro atoms. The van der Waals surface area contributed by atoms with Crippen molar-refractivity contribution in [3.05, 3.63) is 53.0 Å². The van der Waals surface area contributed by atoms with Gasteiger partial charge >= 0.3 is 0 Å². The highest BCUT2D eigenvalue weighted by Crippen LogP contribution is 2.33. The average molecular weight is 353 g/mol. The number of nitrogens with zero attached hydrogens (tertiary/aromatic N) is 7. The highest BCUT2D eigenvalue weighted by molar-refractivity contribution is 5.30.